The second-order valence-corrected chi connectivity index (χ2v) is 3.77. The van der Waals surface area contributed by atoms with E-state index in [2.05, 4.69) is 0 Å². The number of aliphatic hydroxyl groups is 1. The van der Waals surface area contributed by atoms with Crippen LogP contribution in [0.2, 0.25) is 0 Å². The third-order valence-electron chi connectivity index (χ3n) is 2.90. The molecule has 1 fully saturated rings. The molecule has 1 aromatic rings. The molecule has 1 heterocycles. The Morgan fingerprint density at radius 3 is 2.92 bits per heavy atom. The van der Waals surface area contributed by atoms with Crippen molar-refractivity contribution in [3.63, 3.8) is 0 Å². The molecule has 66 valence electrons. The van der Waals surface area contributed by atoms with E-state index < -0.39 is 11.4 Å². The highest BCUT2D eigenvalue weighted by Gasteiger charge is 2.68. The lowest BCUT2D eigenvalue weighted by atomic mass is 9.88. The SMILES string of the molecule is CC12C=Cc3ccccc3C1(O)O2. The van der Waals surface area contributed by atoms with E-state index in [-0.39, 0.29) is 0 Å². The topological polar surface area (TPSA) is 32.8 Å². The summed E-state index contributed by atoms with van der Waals surface area (Å²) in [6.07, 6.45) is 3.91. The fourth-order valence-electron chi connectivity index (χ4n) is 1.95. The molecule has 1 saturated heterocycles. The Hall–Kier alpha value is -1.12. The first-order valence-corrected chi connectivity index (χ1v) is 4.37. The van der Waals surface area contributed by atoms with Crippen molar-refractivity contribution >= 4 is 6.08 Å². The van der Waals surface area contributed by atoms with E-state index in [4.69, 9.17) is 4.74 Å². The van der Waals surface area contributed by atoms with Crippen LogP contribution in [0.15, 0.2) is 30.3 Å². The third kappa shape index (κ3) is 0.705. The minimum atomic E-state index is -1.07. The normalized spacial score (nSPS) is 39.5. The van der Waals surface area contributed by atoms with Crippen molar-refractivity contribution in [1.29, 1.82) is 0 Å². The molecule has 1 aromatic carbocycles. The minimum Gasteiger partial charge on any atom is -0.359 e. The third-order valence-corrected chi connectivity index (χ3v) is 2.90. The minimum absolute atomic E-state index is 0.499. The van der Waals surface area contributed by atoms with Gasteiger partial charge in [-0.15, -0.1) is 0 Å². The predicted molar refractivity (Wildman–Crippen MR) is 48.9 cm³/mol. The molecule has 0 radical (unpaired) electrons. The molecule has 3 rings (SSSR count). The van der Waals surface area contributed by atoms with Crippen LogP contribution in [0.1, 0.15) is 18.1 Å². The standard InChI is InChI=1S/C11H10O2/c1-10-7-6-8-4-2-3-5-9(8)11(10,12)13-10/h2-7,12H,1H3. The van der Waals surface area contributed by atoms with Crippen LogP contribution in [0.4, 0.5) is 0 Å². The maximum Gasteiger partial charge on any atom is 0.227 e. The molecule has 2 atom stereocenters. The number of rotatable bonds is 0. The monoisotopic (exact) mass is 174 g/mol. The van der Waals surface area contributed by atoms with E-state index in [1.165, 1.54) is 0 Å². The lowest BCUT2D eigenvalue weighted by Crippen LogP contribution is -2.22. The molecule has 2 heteroatoms. The van der Waals surface area contributed by atoms with Crippen LogP contribution in [0.3, 0.4) is 0 Å². The van der Waals surface area contributed by atoms with Crippen LogP contribution < -0.4 is 0 Å². The van der Waals surface area contributed by atoms with Gasteiger partial charge in [0.25, 0.3) is 0 Å². The summed E-state index contributed by atoms with van der Waals surface area (Å²) in [5.41, 5.74) is 1.42. The maximum absolute atomic E-state index is 10.1. The highest BCUT2D eigenvalue weighted by atomic mass is 16.7. The summed E-state index contributed by atoms with van der Waals surface area (Å²) >= 11 is 0. The first kappa shape index (κ1) is 7.30. The average molecular weight is 174 g/mol. The number of epoxide rings is 1. The molecule has 1 aliphatic carbocycles. The molecule has 0 saturated carbocycles. The van der Waals surface area contributed by atoms with Crippen molar-refractivity contribution < 1.29 is 9.84 Å². The number of ether oxygens (including phenoxy) is 1. The second kappa shape index (κ2) is 1.86. The van der Waals surface area contributed by atoms with Crippen LogP contribution in [0, 0.1) is 0 Å². The molecule has 0 bridgehead atoms. The van der Waals surface area contributed by atoms with Crippen LogP contribution >= 0.6 is 0 Å². The molecule has 1 N–H and O–H groups in total. The van der Waals surface area contributed by atoms with Crippen LogP contribution in [0.25, 0.3) is 6.08 Å². The van der Waals surface area contributed by atoms with E-state index in [1.807, 2.05) is 43.3 Å². The first-order chi connectivity index (χ1) is 6.16. The van der Waals surface area contributed by atoms with Gasteiger partial charge in [-0.3, -0.25) is 0 Å². The van der Waals surface area contributed by atoms with Crippen molar-refractivity contribution in [2.24, 2.45) is 0 Å². The number of fused-ring (bicyclic) bond motifs is 3. The van der Waals surface area contributed by atoms with E-state index >= 15 is 0 Å². The average Bonchev–Trinajstić information content (AvgIpc) is 2.71. The van der Waals surface area contributed by atoms with Crippen molar-refractivity contribution in [2.75, 3.05) is 0 Å². The van der Waals surface area contributed by atoms with E-state index in [0.717, 1.165) is 11.1 Å². The number of hydrogen-bond acceptors (Lipinski definition) is 2. The zero-order valence-electron chi connectivity index (χ0n) is 7.32. The summed E-state index contributed by atoms with van der Waals surface area (Å²) in [5.74, 6) is -1.07. The van der Waals surface area contributed by atoms with Gasteiger partial charge in [-0.1, -0.05) is 30.3 Å². The fraction of sp³-hybridized carbons (Fsp3) is 0.273. The van der Waals surface area contributed by atoms with Gasteiger partial charge in [0.05, 0.1) is 0 Å². The summed E-state index contributed by atoms with van der Waals surface area (Å²) in [7, 11) is 0. The van der Waals surface area contributed by atoms with Gasteiger partial charge in [-0.25, -0.2) is 0 Å². The zero-order chi connectivity index (χ0) is 9.10. The van der Waals surface area contributed by atoms with Crippen LogP contribution in [-0.2, 0) is 10.5 Å². The predicted octanol–water partition coefficient (Wildman–Crippen LogP) is 1.65. The van der Waals surface area contributed by atoms with E-state index in [1.54, 1.807) is 0 Å². The molecule has 0 amide bonds. The van der Waals surface area contributed by atoms with Gasteiger partial charge in [-0.05, 0) is 18.6 Å². The Morgan fingerprint density at radius 2 is 2.08 bits per heavy atom. The van der Waals surface area contributed by atoms with Gasteiger partial charge in [0.15, 0.2) is 0 Å². The summed E-state index contributed by atoms with van der Waals surface area (Å²) in [6, 6.07) is 7.75. The quantitative estimate of drug-likeness (QED) is 0.606. The molecule has 2 aliphatic rings. The van der Waals surface area contributed by atoms with Crippen molar-refractivity contribution in [1.82, 2.24) is 0 Å². The van der Waals surface area contributed by atoms with Gasteiger partial charge in [0.2, 0.25) is 5.79 Å². The van der Waals surface area contributed by atoms with Gasteiger partial charge in [0.1, 0.15) is 5.60 Å². The fourth-order valence-corrected chi connectivity index (χ4v) is 1.95. The van der Waals surface area contributed by atoms with E-state index in [0.29, 0.717) is 0 Å². The molecule has 0 aromatic heterocycles. The Kier molecular flexibility index (Phi) is 1.05. The molecular weight excluding hydrogens is 164 g/mol. The first-order valence-electron chi connectivity index (χ1n) is 4.37. The van der Waals surface area contributed by atoms with Gasteiger partial charge in [-0.2, -0.15) is 0 Å². The Bertz CT molecular complexity index is 410. The largest absolute Gasteiger partial charge is 0.359 e. The van der Waals surface area contributed by atoms with Crippen molar-refractivity contribution in [3.05, 3.63) is 41.5 Å². The van der Waals surface area contributed by atoms with E-state index in [9.17, 15) is 5.11 Å². The molecule has 1 aliphatic heterocycles. The maximum atomic E-state index is 10.1. The lowest BCUT2D eigenvalue weighted by Gasteiger charge is -2.15. The van der Waals surface area contributed by atoms with Gasteiger partial charge in [0, 0.05) is 5.56 Å². The highest BCUT2D eigenvalue weighted by Crippen LogP contribution is 2.57. The lowest BCUT2D eigenvalue weighted by molar-refractivity contribution is 0.0329. The summed E-state index contributed by atoms with van der Waals surface area (Å²) in [5, 5.41) is 10.1. The zero-order valence-corrected chi connectivity index (χ0v) is 7.32. The van der Waals surface area contributed by atoms with Crippen molar-refractivity contribution in [2.45, 2.75) is 18.3 Å². The highest BCUT2D eigenvalue weighted by molar-refractivity contribution is 5.63. The second-order valence-electron chi connectivity index (χ2n) is 3.77. The Morgan fingerprint density at radius 1 is 1.31 bits per heavy atom. The van der Waals surface area contributed by atoms with Crippen LogP contribution in [-0.4, -0.2) is 10.7 Å². The van der Waals surface area contributed by atoms with Gasteiger partial charge >= 0.3 is 0 Å². The van der Waals surface area contributed by atoms with Crippen molar-refractivity contribution in [3.8, 4) is 0 Å². The summed E-state index contributed by atoms with van der Waals surface area (Å²) in [4.78, 5) is 0. The molecular formula is C11H10O2. The summed E-state index contributed by atoms with van der Waals surface area (Å²) < 4.78 is 5.35. The number of hydrogen-bond donors (Lipinski definition) is 1. The summed E-state index contributed by atoms with van der Waals surface area (Å²) in [6.45, 7) is 1.89. The van der Waals surface area contributed by atoms with Crippen LogP contribution in [0.5, 0.6) is 0 Å². The molecule has 2 nitrogen and oxygen atoms in total. The Labute approximate surface area is 76.5 Å². The molecule has 2 unspecified atom stereocenters. The smallest absolute Gasteiger partial charge is 0.227 e. The molecule has 13 heavy (non-hydrogen) atoms. The molecule has 0 spiro atoms. The van der Waals surface area contributed by atoms with Gasteiger partial charge < -0.3 is 9.84 Å². The Balaban J connectivity index is 2.27. The number of benzene rings is 1.